The van der Waals surface area contributed by atoms with Crippen LogP contribution in [0.1, 0.15) is 10.4 Å². The van der Waals surface area contributed by atoms with Gasteiger partial charge < -0.3 is 24.2 Å². The number of carbonyl (C=O) groups is 1. The van der Waals surface area contributed by atoms with E-state index < -0.39 is 5.82 Å². The maximum absolute atomic E-state index is 14.5. The van der Waals surface area contributed by atoms with Crippen LogP contribution in [-0.2, 0) is 4.74 Å². The molecule has 1 aliphatic heterocycles. The van der Waals surface area contributed by atoms with Crippen LogP contribution in [0.3, 0.4) is 0 Å². The molecule has 1 amide bonds. The van der Waals surface area contributed by atoms with Gasteiger partial charge in [-0.3, -0.25) is 9.89 Å². The SMILES string of the molecule is COCCOc1cc2[nH]nc(-c3cc(-c4ccc(C(=O)NC5CN(C)C5)cc4)no3)c2cc1F. The highest BCUT2D eigenvalue weighted by Gasteiger charge is 2.25. The van der Waals surface area contributed by atoms with Gasteiger partial charge in [0.25, 0.3) is 5.91 Å². The van der Waals surface area contributed by atoms with Crippen LogP contribution in [0, 0.1) is 5.82 Å². The van der Waals surface area contributed by atoms with Gasteiger partial charge in [0, 0.05) is 48.8 Å². The van der Waals surface area contributed by atoms with Crippen molar-refractivity contribution in [3.63, 3.8) is 0 Å². The smallest absolute Gasteiger partial charge is 0.251 e. The first-order valence-corrected chi connectivity index (χ1v) is 10.9. The van der Waals surface area contributed by atoms with Gasteiger partial charge in [0.15, 0.2) is 17.3 Å². The molecular weight excluding hydrogens is 441 g/mol. The second-order valence-corrected chi connectivity index (χ2v) is 8.29. The fourth-order valence-corrected chi connectivity index (χ4v) is 3.93. The lowest BCUT2D eigenvalue weighted by atomic mass is 10.1. The molecule has 10 heteroatoms. The van der Waals surface area contributed by atoms with Crippen molar-refractivity contribution in [2.45, 2.75) is 6.04 Å². The lowest BCUT2D eigenvalue weighted by molar-refractivity contribution is 0.0858. The van der Waals surface area contributed by atoms with Crippen molar-refractivity contribution in [2.75, 3.05) is 40.5 Å². The predicted octanol–water partition coefficient (Wildman–Crippen LogP) is 3.09. The van der Waals surface area contributed by atoms with Gasteiger partial charge in [-0.05, 0) is 25.2 Å². The first-order valence-electron chi connectivity index (χ1n) is 10.9. The van der Waals surface area contributed by atoms with E-state index in [1.807, 2.05) is 19.2 Å². The van der Waals surface area contributed by atoms with Crippen molar-refractivity contribution in [3.8, 4) is 28.5 Å². The first-order chi connectivity index (χ1) is 16.5. The molecule has 1 saturated heterocycles. The third kappa shape index (κ3) is 4.37. The van der Waals surface area contributed by atoms with E-state index in [1.54, 1.807) is 31.4 Å². The number of H-pyrrole nitrogens is 1. The number of aromatic nitrogens is 3. The number of likely N-dealkylation sites (N-methyl/N-ethyl adjacent to an activating group) is 1. The summed E-state index contributed by atoms with van der Waals surface area (Å²) in [5.41, 5.74) is 3.00. The van der Waals surface area contributed by atoms with E-state index in [0.717, 1.165) is 18.7 Å². The number of nitrogens with zero attached hydrogens (tertiary/aromatic N) is 3. The summed E-state index contributed by atoms with van der Waals surface area (Å²) in [5.74, 6) is -0.0921. The Hall–Kier alpha value is -3.76. The molecule has 0 unspecified atom stereocenters. The number of fused-ring (bicyclic) bond motifs is 1. The Morgan fingerprint density at radius 2 is 2.03 bits per heavy atom. The minimum Gasteiger partial charge on any atom is -0.488 e. The molecule has 9 nitrogen and oxygen atoms in total. The molecule has 2 N–H and O–H groups in total. The van der Waals surface area contributed by atoms with E-state index in [2.05, 4.69) is 25.6 Å². The second kappa shape index (κ2) is 9.24. The Morgan fingerprint density at radius 3 is 2.76 bits per heavy atom. The van der Waals surface area contributed by atoms with Crippen molar-refractivity contribution < 1.29 is 23.2 Å². The first kappa shape index (κ1) is 22.1. The molecule has 1 fully saturated rings. The quantitative estimate of drug-likeness (QED) is 0.385. The summed E-state index contributed by atoms with van der Waals surface area (Å²) in [6.07, 6.45) is 0. The molecule has 3 heterocycles. The third-order valence-corrected chi connectivity index (χ3v) is 5.75. The van der Waals surface area contributed by atoms with Gasteiger partial charge in [0.2, 0.25) is 0 Å². The Bertz CT molecular complexity index is 1310. The molecule has 34 heavy (non-hydrogen) atoms. The van der Waals surface area contributed by atoms with E-state index in [9.17, 15) is 9.18 Å². The molecule has 0 saturated carbocycles. The average Bonchev–Trinajstić information content (AvgIpc) is 3.45. The number of halogens is 1. The normalized spacial score (nSPS) is 14.3. The summed E-state index contributed by atoms with van der Waals surface area (Å²) in [4.78, 5) is 14.5. The topological polar surface area (TPSA) is 106 Å². The molecule has 0 aliphatic carbocycles. The zero-order chi connectivity index (χ0) is 23.7. The van der Waals surface area contributed by atoms with E-state index >= 15 is 0 Å². The van der Waals surface area contributed by atoms with Crippen LogP contribution >= 0.6 is 0 Å². The second-order valence-electron chi connectivity index (χ2n) is 8.29. The van der Waals surface area contributed by atoms with Crippen LogP contribution in [0.25, 0.3) is 33.6 Å². The molecule has 1 aliphatic rings. The third-order valence-electron chi connectivity index (χ3n) is 5.75. The van der Waals surface area contributed by atoms with Gasteiger partial charge in [-0.15, -0.1) is 0 Å². The average molecular weight is 465 g/mol. The summed E-state index contributed by atoms with van der Waals surface area (Å²) in [6, 6.07) is 12.0. The number of amides is 1. The summed E-state index contributed by atoms with van der Waals surface area (Å²) < 4.78 is 30.4. The van der Waals surface area contributed by atoms with Crippen LogP contribution in [-0.4, -0.2) is 72.7 Å². The van der Waals surface area contributed by atoms with Crippen LogP contribution in [0.4, 0.5) is 4.39 Å². The summed E-state index contributed by atoms with van der Waals surface area (Å²) >= 11 is 0. The van der Waals surface area contributed by atoms with E-state index in [1.165, 1.54) is 6.07 Å². The fraction of sp³-hybridized carbons (Fsp3) is 0.292. The number of rotatable bonds is 8. The summed E-state index contributed by atoms with van der Waals surface area (Å²) in [6.45, 7) is 2.32. The number of aromatic amines is 1. The van der Waals surface area contributed by atoms with E-state index in [4.69, 9.17) is 14.0 Å². The molecule has 0 bridgehead atoms. The molecule has 2 aromatic heterocycles. The summed E-state index contributed by atoms with van der Waals surface area (Å²) in [5, 5.41) is 14.8. The molecule has 176 valence electrons. The van der Waals surface area contributed by atoms with Crippen LogP contribution < -0.4 is 10.1 Å². The fourth-order valence-electron chi connectivity index (χ4n) is 3.93. The van der Waals surface area contributed by atoms with Gasteiger partial charge in [0.05, 0.1) is 18.2 Å². The van der Waals surface area contributed by atoms with Crippen LogP contribution in [0.15, 0.2) is 47.0 Å². The number of ether oxygens (including phenoxy) is 2. The molecule has 0 radical (unpaired) electrons. The zero-order valence-corrected chi connectivity index (χ0v) is 18.8. The van der Waals surface area contributed by atoms with Crippen molar-refractivity contribution in [1.29, 1.82) is 0 Å². The number of benzene rings is 2. The lowest BCUT2D eigenvalue weighted by Crippen LogP contribution is -2.57. The Morgan fingerprint density at radius 1 is 1.24 bits per heavy atom. The number of hydrogen-bond acceptors (Lipinski definition) is 7. The number of carbonyl (C=O) groups excluding carboxylic acids is 1. The Labute approximate surface area is 194 Å². The molecular formula is C24H24FN5O4. The van der Waals surface area contributed by atoms with Gasteiger partial charge in [-0.2, -0.15) is 5.10 Å². The molecule has 2 aromatic carbocycles. The van der Waals surface area contributed by atoms with Crippen molar-refractivity contribution in [1.82, 2.24) is 25.6 Å². The monoisotopic (exact) mass is 465 g/mol. The molecule has 0 spiro atoms. The molecule has 0 atom stereocenters. The Balaban J connectivity index is 1.32. The summed E-state index contributed by atoms with van der Waals surface area (Å²) in [7, 11) is 3.57. The highest BCUT2D eigenvalue weighted by molar-refractivity contribution is 5.95. The number of hydrogen-bond donors (Lipinski definition) is 2. The minimum atomic E-state index is -0.506. The highest BCUT2D eigenvalue weighted by Crippen LogP contribution is 2.33. The highest BCUT2D eigenvalue weighted by atomic mass is 19.1. The van der Waals surface area contributed by atoms with Gasteiger partial charge in [-0.25, -0.2) is 4.39 Å². The molecule has 4 aromatic rings. The van der Waals surface area contributed by atoms with E-state index in [0.29, 0.717) is 40.2 Å². The number of methoxy groups -OCH3 is 1. The number of likely N-dealkylation sites (tertiary alicyclic amines) is 1. The van der Waals surface area contributed by atoms with Crippen LogP contribution in [0.5, 0.6) is 5.75 Å². The standard InChI is InChI=1S/C24H24FN5O4/c1-30-12-16(13-30)26-24(31)15-5-3-14(4-6-15)19-10-22(34-29-19)23-17-9-18(25)21(33-8-7-32-2)11-20(17)27-28-23/h3-6,9-11,16H,7-8,12-13H2,1-2H3,(H,26,31)(H,27,28). The lowest BCUT2D eigenvalue weighted by Gasteiger charge is -2.36. The predicted molar refractivity (Wildman–Crippen MR) is 123 cm³/mol. The largest absolute Gasteiger partial charge is 0.488 e. The zero-order valence-electron chi connectivity index (χ0n) is 18.8. The Kier molecular flexibility index (Phi) is 5.99. The van der Waals surface area contributed by atoms with Crippen LogP contribution in [0.2, 0.25) is 0 Å². The van der Waals surface area contributed by atoms with Crippen molar-refractivity contribution in [2.24, 2.45) is 0 Å². The van der Waals surface area contributed by atoms with E-state index in [-0.39, 0.29) is 24.3 Å². The van der Waals surface area contributed by atoms with Gasteiger partial charge >= 0.3 is 0 Å². The van der Waals surface area contributed by atoms with Gasteiger partial charge in [0.1, 0.15) is 18.0 Å². The minimum absolute atomic E-state index is 0.0962. The maximum Gasteiger partial charge on any atom is 0.251 e. The molecule has 5 rings (SSSR count). The number of nitrogens with one attached hydrogen (secondary N) is 2. The van der Waals surface area contributed by atoms with Crippen molar-refractivity contribution in [3.05, 3.63) is 53.8 Å². The van der Waals surface area contributed by atoms with Crippen molar-refractivity contribution >= 4 is 16.8 Å². The van der Waals surface area contributed by atoms with Gasteiger partial charge in [-0.1, -0.05) is 17.3 Å². The maximum atomic E-state index is 14.5.